The van der Waals surface area contributed by atoms with Gasteiger partial charge in [0.2, 0.25) is 0 Å². The van der Waals surface area contributed by atoms with E-state index in [9.17, 15) is 14.4 Å². The number of esters is 3. The average Bonchev–Trinajstić information content (AvgIpc) is 3.77. The minimum atomic E-state index is -0.870. The Morgan fingerprint density at radius 1 is 0.583 bits per heavy atom. The van der Waals surface area contributed by atoms with E-state index in [0.29, 0.717) is 0 Å². The van der Waals surface area contributed by atoms with E-state index in [1.807, 2.05) is 0 Å². The van der Waals surface area contributed by atoms with Crippen LogP contribution in [0.15, 0.2) is 0 Å². The van der Waals surface area contributed by atoms with Crippen LogP contribution in [0.4, 0.5) is 0 Å². The van der Waals surface area contributed by atoms with Crippen molar-refractivity contribution >= 4 is 17.9 Å². The summed E-state index contributed by atoms with van der Waals surface area (Å²) in [6, 6.07) is 0. The summed E-state index contributed by atoms with van der Waals surface area (Å²) in [5.41, 5.74) is 0. The molecular weight excluding hydrogens is 468 g/mol. The highest BCUT2D eigenvalue weighted by Crippen LogP contribution is 2.32. The number of hydrogen-bond acceptors (Lipinski definition) is 9. The normalized spacial score (nSPS) is 28.8. The first kappa shape index (κ1) is 28.9. The van der Waals surface area contributed by atoms with Gasteiger partial charge in [0.15, 0.2) is 6.10 Å². The van der Waals surface area contributed by atoms with E-state index in [-0.39, 0.29) is 69.1 Å². The Morgan fingerprint density at radius 3 is 1.31 bits per heavy atom. The Hall–Kier alpha value is -1.71. The van der Waals surface area contributed by atoms with E-state index in [0.717, 1.165) is 57.8 Å². The fraction of sp³-hybridized carbons (Fsp3) is 0.889. The number of rotatable bonds is 20. The minimum absolute atomic E-state index is 0.102. The lowest BCUT2D eigenvalue weighted by Crippen LogP contribution is -2.31. The van der Waals surface area contributed by atoms with Crippen molar-refractivity contribution in [1.82, 2.24) is 0 Å². The van der Waals surface area contributed by atoms with Gasteiger partial charge in [0.25, 0.3) is 0 Å². The van der Waals surface area contributed by atoms with Gasteiger partial charge >= 0.3 is 17.9 Å². The number of ether oxygens (including phenoxy) is 6. The third-order valence-corrected chi connectivity index (χ3v) is 6.85. The maximum Gasteiger partial charge on any atom is 0.309 e. The van der Waals surface area contributed by atoms with Crippen LogP contribution < -0.4 is 0 Å². The Balaban J connectivity index is 1.38. The molecule has 3 aliphatic rings. The van der Waals surface area contributed by atoms with Gasteiger partial charge in [-0.05, 0) is 19.3 Å². The molecule has 0 radical (unpaired) electrons. The van der Waals surface area contributed by atoms with E-state index in [1.54, 1.807) is 0 Å². The van der Waals surface area contributed by atoms with Crippen LogP contribution in [0.25, 0.3) is 0 Å². The summed E-state index contributed by atoms with van der Waals surface area (Å²) in [6.07, 6.45) is 8.85. The summed E-state index contributed by atoms with van der Waals surface area (Å²) >= 11 is 0. The van der Waals surface area contributed by atoms with Crippen LogP contribution in [0.5, 0.6) is 0 Å². The van der Waals surface area contributed by atoms with Gasteiger partial charge in [-0.1, -0.05) is 59.3 Å². The molecule has 3 saturated heterocycles. The Kier molecular flexibility index (Phi) is 11.9. The first-order valence-electron chi connectivity index (χ1n) is 13.9. The Bertz CT molecular complexity index is 671. The molecule has 206 valence electrons. The molecule has 0 spiro atoms. The van der Waals surface area contributed by atoms with Crippen molar-refractivity contribution in [1.29, 1.82) is 0 Å². The summed E-state index contributed by atoms with van der Waals surface area (Å²) in [7, 11) is 0. The van der Waals surface area contributed by atoms with Crippen LogP contribution in [0, 0.1) is 0 Å². The van der Waals surface area contributed by atoms with E-state index in [4.69, 9.17) is 28.4 Å². The van der Waals surface area contributed by atoms with Crippen molar-refractivity contribution in [3.63, 3.8) is 0 Å². The molecule has 0 aliphatic carbocycles. The highest BCUT2D eigenvalue weighted by atomic mass is 16.6. The van der Waals surface area contributed by atoms with Gasteiger partial charge in [-0.2, -0.15) is 0 Å². The van der Waals surface area contributed by atoms with Crippen molar-refractivity contribution in [2.75, 3.05) is 13.2 Å². The molecular formula is C27H44O9. The topological polar surface area (TPSA) is 116 Å². The van der Waals surface area contributed by atoms with Gasteiger partial charge in [-0.3, -0.25) is 14.4 Å². The Labute approximate surface area is 214 Å². The molecule has 3 aliphatic heterocycles. The smallest absolute Gasteiger partial charge is 0.309 e. The molecule has 3 rings (SSSR count). The predicted molar refractivity (Wildman–Crippen MR) is 130 cm³/mol. The highest BCUT2D eigenvalue weighted by molar-refractivity contribution is 5.72. The third kappa shape index (κ3) is 10.7. The summed E-state index contributed by atoms with van der Waals surface area (Å²) in [4.78, 5) is 37.0. The molecule has 36 heavy (non-hydrogen) atoms. The SMILES string of the molecule is CCCCC1OC1CC(=O)OCC(COC(=O)CC1OC1CCCC)OC(=O)CC1OC1CCCC. The van der Waals surface area contributed by atoms with E-state index >= 15 is 0 Å². The summed E-state index contributed by atoms with van der Waals surface area (Å²) < 4.78 is 32.8. The first-order chi connectivity index (χ1) is 17.4. The number of carbonyl (C=O) groups is 3. The fourth-order valence-corrected chi connectivity index (χ4v) is 4.39. The van der Waals surface area contributed by atoms with Crippen LogP contribution in [-0.4, -0.2) is 73.8 Å². The summed E-state index contributed by atoms with van der Waals surface area (Å²) in [6.45, 7) is 5.99. The number of carbonyl (C=O) groups excluding carboxylic acids is 3. The Morgan fingerprint density at radius 2 is 0.944 bits per heavy atom. The zero-order chi connectivity index (χ0) is 25.9. The van der Waals surface area contributed by atoms with Crippen molar-refractivity contribution in [2.45, 2.75) is 141 Å². The van der Waals surface area contributed by atoms with Crippen LogP contribution in [0.3, 0.4) is 0 Å². The monoisotopic (exact) mass is 512 g/mol. The first-order valence-corrected chi connectivity index (χ1v) is 13.9. The zero-order valence-corrected chi connectivity index (χ0v) is 22.1. The number of epoxide rings is 3. The molecule has 0 aromatic rings. The van der Waals surface area contributed by atoms with Gasteiger partial charge in [0.1, 0.15) is 13.2 Å². The van der Waals surface area contributed by atoms with Crippen molar-refractivity contribution < 1.29 is 42.8 Å². The van der Waals surface area contributed by atoms with Gasteiger partial charge in [0.05, 0.1) is 55.9 Å². The largest absolute Gasteiger partial charge is 0.462 e. The van der Waals surface area contributed by atoms with E-state index < -0.39 is 24.0 Å². The minimum Gasteiger partial charge on any atom is -0.462 e. The molecule has 0 amide bonds. The quantitative estimate of drug-likeness (QED) is 0.135. The van der Waals surface area contributed by atoms with Crippen LogP contribution in [0.1, 0.15) is 97.8 Å². The molecule has 9 nitrogen and oxygen atoms in total. The van der Waals surface area contributed by atoms with Gasteiger partial charge in [0, 0.05) is 0 Å². The lowest BCUT2D eigenvalue weighted by molar-refractivity contribution is -0.167. The van der Waals surface area contributed by atoms with Gasteiger partial charge in [-0.15, -0.1) is 0 Å². The second-order valence-electron chi connectivity index (χ2n) is 10.2. The number of hydrogen-bond donors (Lipinski definition) is 0. The van der Waals surface area contributed by atoms with Crippen LogP contribution in [0.2, 0.25) is 0 Å². The molecule has 6 atom stereocenters. The van der Waals surface area contributed by atoms with Crippen LogP contribution >= 0.6 is 0 Å². The molecule has 3 heterocycles. The predicted octanol–water partition coefficient (Wildman–Crippen LogP) is 4.03. The lowest BCUT2D eigenvalue weighted by atomic mass is 10.1. The van der Waals surface area contributed by atoms with E-state index in [1.165, 1.54) is 0 Å². The fourth-order valence-electron chi connectivity index (χ4n) is 4.39. The maximum absolute atomic E-state index is 12.5. The van der Waals surface area contributed by atoms with Crippen molar-refractivity contribution in [3.05, 3.63) is 0 Å². The van der Waals surface area contributed by atoms with E-state index in [2.05, 4.69) is 20.8 Å². The molecule has 0 aromatic carbocycles. The molecule has 6 unspecified atom stereocenters. The molecule has 0 bridgehead atoms. The third-order valence-electron chi connectivity index (χ3n) is 6.85. The lowest BCUT2D eigenvalue weighted by Gasteiger charge is -2.18. The van der Waals surface area contributed by atoms with Gasteiger partial charge in [-0.25, -0.2) is 0 Å². The molecule has 3 fully saturated rings. The standard InChI is InChI=1S/C27H44O9/c1-4-7-10-19-22(34-19)13-25(28)31-16-18(33-27(30)15-24-21(36-24)12-9-6-3)17-32-26(29)14-23-20(35-23)11-8-5-2/h18-24H,4-17H2,1-3H3. The second kappa shape index (κ2) is 14.9. The van der Waals surface area contributed by atoms with Gasteiger partial charge < -0.3 is 28.4 Å². The van der Waals surface area contributed by atoms with Crippen molar-refractivity contribution in [2.24, 2.45) is 0 Å². The molecule has 0 N–H and O–H groups in total. The second-order valence-corrected chi connectivity index (χ2v) is 10.2. The molecule has 0 aromatic heterocycles. The summed E-state index contributed by atoms with van der Waals surface area (Å²) in [5.74, 6) is -1.28. The average molecular weight is 513 g/mol. The number of unbranched alkanes of at least 4 members (excludes halogenated alkanes) is 3. The molecule has 9 heteroatoms. The maximum atomic E-state index is 12.5. The zero-order valence-electron chi connectivity index (χ0n) is 22.1. The summed E-state index contributed by atoms with van der Waals surface area (Å²) in [5, 5.41) is 0. The molecule has 0 saturated carbocycles. The van der Waals surface area contributed by atoms with Crippen molar-refractivity contribution in [3.8, 4) is 0 Å². The highest BCUT2D eigenvalue weighted by Gasteiger charge is 2.42. The van der Waals surface area contributed by atoms with Crippen LogP contribution in [-0.2, 0) is 42.8 Å².